The van der Waals surface area contributed by atoms with Crippen molar-refractivity contribution in [2.45, 2.75) is 34.2 Å². The molecule has 30 heavy (non-hydrogen) atoms. The molecule has 2 N–H and O–H groups in total. The molecule has 6 nitrogen and oxygen atoms in total. The number of pyridine rings is 1. The highest BCUT2D eigenvalue weighted by Crippen LogP contribution is 2.39. The molecule has 3 aromatic rings. The van der Waals surface area contributed by atoms with Gasteiger partial charge in [-0.2, -0.15) is 0 Å². The van der Waals surface area contributed by atoms with Crippen LogP contribution >= 0.6 is 0 Å². The number of aromatic hydroxyl groups is 1. The van der Waals surface area contributed by atoms with Crippen molar-refractivity contribution in [2.75, 3.05) is 11.9 Å². The van der Waals surface area contributed by atoms with Gasteiger partial charge in [-0.15, -0.1) is 0 Å². The highest BCUT2D eigenvalue weighted by molar-refractivity contribution is 6.25. The van der Waals surface area contributed by atoms with Gasteiger partial charge in [0.1, 0.15) is 17.9 Å². The first kappa shape index (κ1) is 19.8. The van der Waals surface area contributed by atoms with Gasteiger partial charge in [0.15, 0.2) is 0 Å². The van der Waals surface area contributed by atoms with E-state index >= 15 is 0 Å². The molecular weight excluding hydrogens is 374 g/mol. The number of hydrogen-bond acceptors (Lipinski definition) is 6. The molecule has 152 valence electrons. The number of nitrogens with zero attached hydrogens (tertiary/aromatic N) is 4. The lowest BCUT2D eigenvalue weighted by Gasteiger charge is -2.17. The summed E-state index contributed by atoms with van der Waals surface area (Å²) in [7, 11) is 0. The van der Waals surface area contributed by atoms with E-state index in [-0.39, 0.29) is 5.75 Å². The largest absolute Gasteiger partial charge is 0.507 e. The number of rotatable bonds is 5. The van der Waals surface area contributed by atoms with Crippen molar-refractivity contribution >= 4 is 17.1 Å². The molecule has 0 radical (unpaired) electrons. The van der Waals surface area contributed by atoms with Gasteiger partial charge in [-0.25, -0.2) is 9.97 Å². The van der Waals surface area contributed by atoms with Crippen LogP contribution in [0.3, 0.4) is 0 Å². The van der Waals surface area contributed by atoms with Crippen molar-refractivity contribution in [3.8, 4) is 16.9 Å². The van der Waals surface area contributed by atoms with E-state index in [0.717, 1.165) is 50.7 Å². The van der Waals surface area contributed by atoms with Crippen LogP contribution in [0.5, 0.6) is 5.75 Å². The van der Waals surface area contributed by atoms with E-state index in [0.29, 0.717) is 13.1 Å². The second-order valence-electron chi connectivity index (χ2n) is 7.60. The van der Waals surface area contributed by atoms with Crippen LogP contribution in [0, 0.1) is 13.8 Å². The Morgan fingerprint density at radius 2 is 1.83 bits per heavy atom. The van der Waals surface area contributed by atoms with Crippen LogP contribution in [-0.4, -0.2) is 32.3 Å². The Kier molecular flexibility index (Phi) is 5.31. The predicted octanol–water partition coefficient (Wildman–Crippen LogP) is 4.72. The molecular formula is C24H25N5O. The molecule has 0 atom stereocenters. The van der Waals surface area contributed by atoms with Crippen molar-refractivity contribution < 1.29 is 5.11 Å². The maximum Gasteiger partial charge on any atom is 0.137 e. The van der Waals surface area contributed by atoms with Crippen LogP contribution < -0.4 is 5.32 Å². The molecule has 1 aliphatic heterocycles. The molecule has 6 heteroatoms. The zero-order chi connectivity index (χ0) is 21.3. The number of anilines is 1. The average Bonchev–Trinajstić information content (AvgIpc) is 3.07. The SMILES string of the molecule is CC1=NCC(C)=C1c1cc(C)c(-c2c(C)ncnc2NCc2ccccn2)cc1O. The molecule has 0 aliphatic carbocycles. The number of aryl methyl sites for hydroxylation is 2. The molecule has 0 bridgehead atoms. The minimum atomic E-state index is 0.236. The van der Waals surface area contributed by atoms with Crippen LogP contribution in [-0.2, 0) is 6.54 Å². The Bertz CT molecular complexity index is 1170. The van der Waals surface area contributed by atoms with E-state index in [9.17, 15) is 5.11 Å². The summed E-state index contributed by atoms with van der Waals surface area (Å²) in [5.41, 5.74) is 8.60. The zero-order valence-electron chi connectivity index (χ0n) is 17.7. The Morgan fingerprint density at radius 1 is 1.00 bits per heavy atom. The number of phenols is 1. The number of aliphatic imine (C=N–C) groups is 1. The van der Waals surface area contributed by atoms with Gasteiger partial charge in [-0.05, 0) is 68.7 Å². The monoisotopic (exact) mass is 399 g/mol. The summed E-state index contributed by atoms with van der Waals surface area (Å²) < 4.78 is 0. The topological polar surface area (TPSA) is 83.3 Å². The van der Waals surface area contributed by atoms with Crippen LogP contribution in [0.2, 0.25) is 0 Å². The Hall–Kier alpha value is -3.54. The summed E-state index contributed by atoms with van der Waals surface area (Å²) >= 11 is 0. The van der Waals surface area contributed by atoms with Crippen molar-refractivity contribution in [1.29, 1.82) is 0 Å². The van der Waals surface area contributed by atoms with Gasteiger partial charge < -0.3 is 10.4 Å². The van der Waals surface area contributed by atoms with E-state index in [4.69, 9.17) is 0 Å². The van der Waals surface area contributed by atoms with E-state index in [2.05, 4.69) is 32.2 Å². The molecule has 4 rings (SSSR count). The van der Waals surface area contributed by atoms with Crippen LogP contribution in [0.15, 0.2) is 53.4 Å². The molecule has 1 aliphatic rings. The van der Waals surface area contributed by atoms with Gasteiger partial charge in [0.05, 0.1) is 24.5 Å². The summed E-state index contributed by atoms with van der Waals surface area (Å²) in [6, 6.07) is 9.67. The number of allylic oxidation sites excluding steroid dienone is 1. The summed E-state index contributed by atoms with van der Waals surface area (Å²) in [6.07, 6.45) is 3.32. The Morgan fingerprint density at radius 3 is 2.53 bits per heavy atom. The number of phenolic OH excluding ortho intramolecular Hbond substituents is 1. The number of benzene rings is 1. The maximum atomic E-state index is 10.9. The average molecular weight is 399 g/mol. The minimum absolute atomic E-state index is 0.236. The first-order chi connectivity index (χ1) is 14.5. The molecule has 3 heterocycles. The first-order valence-corrected chi connectivity index (χ1v) is 9.96. The van der Waals surface area contributed by atoms with Crippen molar-refractivity contribution in [3.05, 3.63) is 70.9 Å². The molecule has 0 unspecified atom stereocenters. The van der Waals surface area contributed by atoms with Gasteiger partial charge in [0.25, 0.3) is 0 Å². The summed E-state index contributed by atoms with van der Waals surface area (Å²) in [5, 5.41) is 14.3. The smallest absolute Gasteiger partial charge is 0.137 e. The fourth-order valence-electron chi connectivity index (χ4n) is 3.90. The van der Waals surface area contributed by atoms with Gasteiger partial charge in [-0.1, -0.05) is 6.07 Å². The highest BCUT2D eigenvalue weighted by atomic mass is 16.3. The fraction of sp³-hybridized carbons (Fsp3) is 0.250. The normalized spacial score (nSPS) is 13.5. The Balaban J connectivity index is 1.75. The minimum Gasteiger partial charge on any atom is -0.507 e. The number of nitrogens with one attached hydrogen (secondary N) is 1. The standard InChI is InChI=1S/C24H25N5O/c1-14-9-20(22-15(2)11-26-16(22)3)21(30)10-19(14)23-17(4)28-13-29-24(23)27-12-18-7-5-6-8-25-18/h5-10,13,30H,11-12H2,1-4H3,(H,27,28,29). The second-order valence-corrected chi connectivity index (χ2v) is 7.60. The summed E-state index contributed by atoms with van der Waals surface area (Å²) in [6.45, 7) is 9.29. The summed E-state index contributed by atoms with van der Waals surface area (Å²) in [5.74, 6) is 0.956. The summed E-state index contributed by atoms with van der Waals surface area (Å²) in [4.78, 5) is 17.7. The molecule has 0 amide bonds. The maximum absolute atomic E-state index is 10.9. The van der Waals surface area contributed by atoms with Crippen LogP contribution in [0.4, 0.5) is 5.82 Å². The van der Waals surface area contributed by atoms with Gasteiger partial charge in [0, 0.05) is 28.6 Å². The Labute approximate surface area is 176 Å². The quantitative estimate of drug-likeness (QED) is 0.648. The molecule has 0 saturated carbocycles. The molecule has 2 aromatic heterocycles. The first-order valence-electron chi connectivity index (χ1n) is 9.96. The predicted molar refractivity (Wildman–Crippen MR) is 121 cm³/mol. The van der Waals surface area contributed by atoms with E-state index in [1.54, 1.807) is 12.5 Å². The van der Waals surface area contributed by atoms with E-state index in [1.165, 1.54) is 5.57 Å². The van der Waals surface area contributed by atoms with Gasteiger partial charge in [0.2, 0.25) is 0 Å². The zero-order valence-corrected chi connectivity index (χ0v) is 17.7. The fourth-order valence-corrected chi connectivity index (χ4v) is 3.90. The van der Waals surface area contributed by atoms with E-state index in [1.807, 2.05) is 51.1 Å². The van der Waals surface area contributed by atoms with Gasteiger partial charge in [-0.3, -0.25) is 9.98 Å². The molecule has 1 aromatic carbocycles. The molecule has 0 saturated heterocycles. The number of aromatic nitrogens is 3. The lowest BCUT2D eigenvalue weighted by atomic mass is 9.91. The highest BCUT2D eigenvalue weighted by Gasteiger charge is 2.21. The molecule has 0 fully saturated rings. The third-order valence-corrected chi connectivity index (χ3v) is 5.42. The number of hydrogen-bond donors (Lipinski definition) is 2. The van der Waals surface area contributed by atoms with E-state index < -0.39 is 0 Å². The lowest BCUT2D eigenvalue weighted by molar-refractivity contribution is 0.474. The van der Waals surface area contributed by atoms with Gasteiger partial charge >= 0.3 is 0 Å². The van der Waals surface area contributed by atoms with Crippen LogP contribution in [0.25, 0.3) is 16.7 Å². The third-order valence-electron chi connectivity index (χ3n) is 5.42. The van der Waals surface area contributed by atoms with Crippen molar-refractivity contribution in [1.82, 2.24) is 15.0 Å². The lowest BCUT2D eigenvalue weighted by Crippen LogP contribution is -2.07. The molecule has 0 spiro atoms. The second kappa shape index (κ2) is 8.06. The van der Waals surface area contributed by atoms with Crippen molar-refractivity contribution in [2.24, 2.45) is 4.99 Å². The third kappa shape index (κ3) is 3.68. The van der Waals surface area contributed by atoms with Crippen molar-refractivity contribution in [3.63, 3.8) is 0 Å². The van der Waals surface area contributed by atoms with Crippen LogP contribution in [0.1, 0.15) is 36.4 Å².